The van der Waals surface area contributed by atoms with Gasteiger partial charge >= 0.3 is 0 Å². The lowest BCUT2D eigenvalue weighted by Gasteiger charge is -1.92. The third-order valence-corrected chi connectivity index (χ3v) is 1.66. The predicted molar refractivity (Wildman–Crippen MR) is 76.0 cm³/mol. The van der Waals surface area contributed by atoms with E-state index in [-0.39, 0.29) is 0 Å². The molecule has 0 amide bonds. The molecule has 0 atom stereocenters. The van der Waals surface area contributed by atoms with Gasteiger partial charge in [0.2, 0.25) is 9.05 Å². The molecular weight excluding hydrogens is 256 g/mol. The van der Waals surface area contributed by atoms with Crippen molar-refractivity contribution in [3.8, 4) is 0 Å². The Labute approximate surface area is 108 Å². The number of hydrogen-bond acceptors (Lipinski definition) is 2. The van der Waals surface area contributed by atoms with Gasteiger partial charge in [-0.15, -0.1) is 0 Å². The fraction of sp³-hybridized carbons (Fsp3) is 0.231. The van der Waals surface area contributed by atoms with Crippen LogP contribution in [0, 0.1) is 0 Å². The molecule has 0 aliphatic carbocycles. The van der Waals surface area contributed by atoms with E-state index in [1.54, 1.807) is 0 Å². The molecule has 0 unspecified atom stereocenters. The topological polar surface area (TPSA) is 34.1 Å². The van der Waals surface area contributed by atoms with Crippen molar-refractivity contribution in [2.24, 2.45) is 0 Å². The Morgan fingerprint density at radius 2 is 1.00 bits per heavy atom. The van der Waals surface area contributed by atoms with Gasteiger partial charge in [0.15, 0.2) is 0 Å². The van der Waals surface area contributed by atoms with E-state index >= 15 is 0 Å². The van der Waals surface area contributed by atoms with E-state index in [1.165, 1.54) is 10.8 Å². The third-order valence-electron chi connectivity index (χ3n) is 1.66. The molecule has 0 fully saturated rings. The van der Waals surface area contributed by atoms with Crippen LogP contribution in [-0.2, 0) is 9.05 Å². The van der Waals surface area contributed by atoms with Crippen LogP contribution < -0.4 is 0 Å². The summed E-state index contributed by atoms with van der Waals surface area (Å²) in [6, 6.07) is 16.7. The number of halogens is 1. The van der Waals surface area contributed by atoms with E-state index < -0.39 is 9.05 Å². The van der Waals surface area contributed by atoms with Gasteiger partial charge in [-0.05, 0) is 10.8 Å². The first-order valence-electron chi connectivity index (χ1n) is 5.30. The van der Waals surface area contributed by atoms with Crippen molar-refractivity contribution in [3.05, 3.63) is 48.5 Å². The highest BCUT2D eigenvalue weighted by Crippen LogP contribution is 2.11. The van der Waals surface area contributed by atoms with Crippen LogP contribution in [-0.4, -0.2) is 14.7 Å². The van der Waals surface area contributed by atoms with Crippen molar-refractivity contribution in [1.29, 1.82) is 0 Å². The second kappa shape index (κ2) is 8.09. The number of fused-ring (bicyclic) bond motifs is 1. The molecule has 0 N–H and O–H groups in total. The zero-order chi connectivity index (χ0) is 13.3. The van der Waals surface area contributed by atoms with Crippen LogP contribution >= 0.6 is 10.7 Å². The summed E-state index contributed by atoms with van der Waals surface area (Å²) in [5.41, 5.74) is 0. The molecule has 0 heterocycles. The van der Waals surface area contributed by atoms with Crippen molar-refractivity contribution in [3.63, 3.8) is 0 Å². The summed E-state index contributed by atoms with van der Waals surface area (Å²) in [5, 5.41) is 2.62. The summed E-state index contributed by atoms with van der Waals surface area (Å²) in [6.45, 7) is 4.00. The van der Waals surface area contributed by atoms with Crippen LogP contribution in [0.25, 0.3) is 10.8 Å². The Bertz CT molecular complexity index is 462. The molecule has 0 aliphatic heterocycles. The first-order valence-corrected chi connectivity index (χ1v) is 8.02. The summed E-state index contributed by atoms with van der Waals surface area (Å²) < 4.78 is 18.8. The molecule has 2 aromatic rings. The molecule has 2 nitrogen and oxygen atoms in total. The zero-order valence-corrected chi connectivity index (χ0v) is 11.8. The smallest absolute Gasteiger partial charge is 0.213 e. The van der Waals surface area contributed by atoms with Crippen LogP contribution in [0.3, 0.4) is 0 Å². The number of hydrogen-bond donors (Lipinski definition) is 0. The second-order valence-corrected chi connectivity index (χ2v) is 6.07. The van der Waals surface area contributed by atoms with Crippen LogP contribution in [0.5, 0.6) is 0 Å². The number of benzene rings is 2. The van der Waals surface area contributed by atoms with Gasteiger partial charge in [-0.25, -0.2) is 8.42 Å². The molecule has 0 aliphatic rings. The quantitative estimate of drug-likeness (QED) is 0.678. The Balaban J connectivity index is 0.000000315. The minimum atomic E-state index is -3.19. The van der Waals surface area contributed by atoms with Crippen LogP contribution in [0.2, 0.25) is 0 Å². The van der Waals surface area contributed by atoms with Gasteiger partial charge in [-0.3, -0.25) is 0 Å². The summed E-state index contributed by atoms with van der Waals surface area (Å²) in [6.07, 6.45) is 0.925. The summed E-state index contributed by atoms with van der Waals surface area (Å²) in [7, 11) is 1.31. The Kier molecular flexibility index (Phi) is 7.59. The predicted octanol–water partition coefficient (Wildman–Crippen LogP) is 4.05. The largest absolute Gasteiger partial charge is 0.229 e. The van der Waals surface area contributed by atoms with E-state index in [1.807, 2.05) is 13.8 Å². The third kappa shape index (κ3) is 8.72. The lowest BCUT2D eigenvalue weighted by atomic mass is 10.1. The molecule has 4 heteroatoms. The highest BCUT2D eigenvalue weighted by atomic mass is 35.7. The zero-order valence-electron chi connectivity index (χ0n) is 10.2. The first-order chi connectivity index (χ1) is 7.97. The van der Waals surface area contributed by atoms with Crippen molar-refractivity contribution < 1.29 is 8.42 Å². The van der Waals surface area contributed by atoms with Gasteiger partial charge in [0.1, 0.15) is 0 Å². The van der Waals surface area contributed by atoms with Gasteiger partial charge in [-0.2, -0.15) is 0 Å². The van der Waals surface area contributed by atoms with Crippen molar-refractivity contribution in [1.82, 2.24) is 0 Å². The molecule has 0 radical (unpaired) electrons. The molecular formula is C13H17ClO2S. The highest BCUT2D eigenvalue weighted by Gasteiger charge is 1.85. The van der Waals surface area contributed by atoms with E-state index in [2.05, 4.69) is 59.2 Å². The van der Waals surface area contributed by atoms with Crippen LogP contribution in [0.4, 0.5) is 0 Å². The molecule has 2 aromatic carbocycles. The first kappa shape index (κ1) is 15.9. The highest BCUT2D eigenvalue weighted by molar-refractivity contribution is 8.13. The molecule has 0 saturated carbocycles. The van der Waals surface area contributed by atoms with E-state index in [0.717, 1.165) is 6.26 Å². The standard InChI is InChI=1S/C10H8.C2H6.CH3ClO2S/c1-2-6-10-8-4-3-7-9(10)5-1;1-2;1-5(2,3)4/h1-8H;1-2H3;1H3. The van der Waals surface area contributed by atoms with Crippen molar-refractivity contribution in [2.75, 3.05) is 6.26 Å². The molecule has 0 saturated heterocycles. The normalized spacial score (nSPS) is 9.65. The fourth-order valence-corrected chi connectivity index (χ4v) is 1.13. The lowest BCUT2D eigenvalue weighted by Crippen LogP contribution is -1.76. The maximum atomic E-state index is 9.40. The average molecular weight is 273 g/mol. The number of rotatable bonds is 0. The summed E-state index contributed by atoms with van der Waals surface area (Å²) >= 11 is 0. The van der Waals surface area contributed by atoms with E-state index in [0.29, 0.717) is 0 Å². The summed E-state index contributed by atoms with van der Waals surface area (Å²) in [5.74, 6) is 0. The lowest BCUT2D eigenvalue weighted by molar-refractivity contribution is 0.615. The van der Waals surface area contributed by atoms with Gasteiger partial charge in [0.25, 0.3) is 0 Å². The van der Waals surface area contributed by atoms with Crippen LogP contribution in [0.15, 0.2) is 48.5 Å². The maximum absolute atomic E-state index is 9.40. The molecule has 0 spiro atoms. The Morgan fingerprint density at radius 3 is 1.18 bits per heavy atom. The summed E-state index contributed by atoms with van der Waals surface area (Å²) in [4.78, 5) is 0. The molecule has 0 bridgehead atoms. The second-order valence-electron chi connectivity index (χ2n) is 3.03. The van der Waals surface area contributed by atoms with Gasteiger partial charge in [0.05, 0.1) is 6.26 Å². The van der Waals surface area contributed by atoms with Gasteiger partial charge < -0.3 is 0 Å². The molecule has 2 rings (SSSR count). The van der Waals surface area contributed by atoms with E-state index in [4.69, 9.17) is 0 Å². The molecule has 17 heavy (non-hydrogen) atoms. The van der Waals surface area contributed by atoms with Gasteiger partial charge in [-0.1, -0.05) is 62.4 Å². The van der Waals surface area contributed by atoms with Crippen LogP contribution in [0.1, 0.15) is 13.8 Å². The minimum Gasteiger partial charge on any atom is -0.213 e. The van der Waals surface area contributed by atoms with E-state index in [9.17, 15) is 8.42 Å². The average Bonchev–Trinajstić information content (AvgIpc) is 2.30. The Morgan fingerprint density at radius 1 is 0.824 bits per heavy atom. The maximum Gasteiger partial charge on any atom is 0.229 e. The molecule has 94 valence electrons. The SMILES string of the molecule is CC.CS(=O)(=O)Cl.c1ccc2ccccc2c1. The minimum absolute atomic E-state index is 0.925. The van der Waals surface area contributed by atoms with Crippen molar-refractivity contribution in [2.45, 2.75) is 13.8 Å². The fourth-order valence-electron chi connectivity index (χ4n) is 1.13. The van der Waals surface area contributed by atoms with Crippen molar-refractivity contribution >= 4 is 30.5 Å². The van der Waals surface area contributed by atoms with Gasteiger partial charge in [0, 0.05) is 10.7 Å². The molecule has 0 aromatic heterocycles. The Hall–Kier alpha value is -1.06. The monoisotopic (exact) mass is 272 g/mol.